The quantitative estimate of drug-likeness (QED) is 0.578. The Kier molecular flexibility index (Phi) is 3.47. The molecule has 0 amide bonds. The van der Waals surface area contributed by atoms with Gasteiger partial charge in [-0.2, -0.15) is 0 Å². The van der Waals surface area contributed by atoms with Crippen LogP contribution in [-0.2, 0) is 4.74 Å². The van der Waals surface area contributed by atoms with Crippen LogP contribution in [0.4, 0.5) is 0 Å². The lowest BCUT2D eigenvalue weighted by atomic mass is 10.2. The molecular weight excluding hydrogens is 126 g/mol. The maximum Gasteiger partial charge on any atom is 0.0622 e. The van der Waals surface area contributed by atoms with E-state index in [2.05, 4.69) is 11.9 Å². The summed E-state index contributed by atoms with van der Waals surface area (Å²) in [6, 6.07) is 0.500. The highest BCUT2D eigenvalue weighted by Crippen LogP contribution is 1.98. The number of ether oxygens (including phenoxy) is 1. The van der Waals surface area contributed by atoms with Gasteiger partial charge >= 0.3 is 0 Å². The molecule has 58 valence electrons. The summed E-state index contributed by atoms with van der Waals surface area (Å²) in [5, 5.41) is 3.39. The molecule has 0 bridgehead atoms. The van der Waals surface area contributed by atoms with E-state index >= 15 is 0 Å². The molecule has 1 N–H and O–H groups in total. The third kappa shape index (κ3) is 2.50. The zero-order chi connectivity index (χ0) is 7.23. The van der Waals surface area contributed by atoms with Gasteiger partial charge in [-0.3, -0.25) is 0 Å². The molecule has 1 heterocycles. The zero-order valence-corrected chi connectivity index (χ0v) is 6.31. The molecule has 1 aliphatic rings. The second kappa shape index (κ2) is 4.47. The standard InChI is InChI=1S/C8H15NO/c1-2-4-8-7-10-6-3-5-9-8/h2,8-9H,1,3-7H2. The zero-order valence-electron chi connectivity index (χ0n) is 6.31. The molecule has 0 radical (unpaired) electrons. The molecule has 0 aromatic heterocycles. The van der Waals surface area contributed by atoms with Crippen molar-refractivity contribution >= 4 is 0 Å². The Morgan fingerprint density at radius 3 is 3.40 bits per heavy atom. The second-order valence-electron chi connectivity index (χ2n) is 2.60. The first kappa shape index (κ1) is 7.76. The summed E-state index contributed by atoms with van der Waals surface area (Å²) in [7, 11) is 0. The molecular formula is C8H15NO. The van der Waals surface area contributed by atoms with E-state index in [9.17, 15) is 0 Å². The number of nitrogens with one attached hydrogen (secondary N) is 1. The summed E-state index contributed by atoms with van der Waals surface area (Å²) >= 11 is 0. The van der Waals surface area contributed by atoms with E-state index in [1.807, 2.05) is 6.08 Å². The first-order valence-corrected chi connectivity index (χ1v) is 3.85. The summed E-state index contributed by atoms with van der Waals surface area (Å²) < 4.78 is 5.35. The van der Waals surface area contributed by atoms with E-state index in [1.54, 1.807) is 0 Å². The fourth-order valence-corrected chi connectivity index (χ4v) is 1.12. The average Bonchev–Trinajstić information content (AvgIpc) is 2.17. The number of hydrogen-bond donors (Lipinski definition) is 1. The maximum absolute atomic E-state index is 5.35. The third-order valence-corrected chi connectivity index (χ3v) is 1.67. The van der Waals surface area contributed by atoms with Gasteiger partial charge < -0.3 is 10.1 Å². The fourth-order valence-electron chi connectivity index (χ4n) is 1.12. The summed E-state index contributed by atoms with van der Waals surface area (Å²) in [5.74, 6) is 0. The molecule has 1 unspecified atom stereocenters. The topological polar surface area (TPSA) is 21.3 Å². The lowest BCUT2D eigenvalue weighted by Gasteiger charge is -2.11. The predicted molar refractivity (Wildman–Crippen MR) is 42.0 cm³/mol. The molecule has 1 atom stereocenters. The van der Waals surface area contributed by atoms with Gasteiger partial charge in [0.25, 0.3) is 0 Å². The smallest absolute Gasteiger partial charge is 0.0622 e. The van der Waals surface area contributed by atoms with Crippen LogP contribution in [-0.4, -0.2) is 25.8 Å². The Labute approximate surface area is 62.3 Å². The van der Waals surface area contributed by atoms with E-state index in [1.165, 1.54) is 0 Å². The van der Waals surface area contributed by atoms with Crippen molar-refractivity contribution in [1.29, 1.82) is 0 Å². The summed E-state index contributed by atoms with van der Waals surface area (Å²) in [5.41, 5.74) is 0. The largest absolute Gasteiger partial charge is 0.380 e. The predicted octanol–water partition coefficient (Wildman–Crippen LogP) is 0.941. The van der Waals surface area contributed by atoms with Crippen molar-refractivity contribution in [3.8, 4) is 0 Å². The monoisotopic (exact) mass is 141 g/mol. The van der Waals surface area contributed by atoms with Crippen LogP contribution in [0.1, 0.15) is 12.8 Å². The molecule has 1 rings (SSSR count). The van der Waals surface area contributed by atoms with E-state index in [-0.39, 0.29) is 0 Å². The number of hydrogen-bond acceptors (Lipinski definition) is 2. The molecule has 1 aliphatic heterocycles. The van der Waals surface area contributed by atoms with E-state index < -0.39 is 0 Å². The normalized spacial score (nSPS) is 27.4. The maximum atomic E-state index is 5.35. The first-order valence-electron chi connectivity index (χ1n) is 3.85. The molecule has 0 aliphatic carbocycles. The molecule has 10 heavy (non-hydrogen) atoms. The van der Waals surface area contributed by atoms with E-state index in [0.717, 1.165) is 32.6 Å². The van der Waals surface area contributed by atoms with Crippen LogP contribution in [0, 0.1) is 0 Å². The van der Waals surface area contributed by atoms with Gasteiger partial charge in [0.2, 0.25) is 0 Å². The minimum Gasteiger partial charge on any atom is -0.380 e. The summed E-state index contributed by atoms with van der Waals surface area (Å²) in [6.07, 6.45) is 4.08. The lowest BCUT2D eigenvalue weighted by molar-refractivity contribution is 0.132. The van der Waals surface area contributed by atoms with Gasteiger partial charge in [0, 0.05) is 12.6 Å². The van der Waals surface area contributed by atoms with Crippen molar-refractivity contribution in [3.63, 3.8) is 0 Å². The van der Waals surface area contributed by atoms with Gasteiger partial charge in [-0.1, -0.05) is 6.08 Å². The minimum atomic E-state index is 0.500. The summed E-state index contributed by atoms with van der Waals surface area (Å²) in [6.45, 7) is 6.51. The van der Waals surface area contributed by atoms with Crippen molar-refractivity contribution in [3.05, 3.63) is 12.7 Å². The van der Waals surface area contributed by atoms with Crippen molar-refractivity contribution in [2.24, 2.45) is 0 Å². The average molecular weight is 141 g/mol. The van der Waals surface area contributed by atoms with Crippen LogP contribution >= 0.6 is 0 Å². The molecule has 2 nitrogen and oxygen atoms in total. The van der Waals surface area contributed by atoms with Crippen molar-refractivity contribution < 1.29 is 4.74 Å². The van der Waals surface area contributed by atoms with Gasteiger partial charge in [-0.15, -0.1) is 6.58 Å². The highest BCUT2D eigenvalue weighted by atomic mass is 16.5. The molecule has 0 aromatic rings. The minimum absolute atomic E-state index is 0.500. The van der Waals surface area contributed by atoms with Crippen LogP contribution in [0.15, 0.2) is 12.7 Å². The van der Waals surface area contributed by atoms with Gasteiger partial charge in [-0.05, 0) is 19.4 Å². The molecule has 0 spiro atoms. The van der Waals surface area contributed by atoms with Crippen molar-refractivity contribution in [2.45, 2.75) is 18.9 Å². The van der Waals surface area contributed by atoms with Crippen LogP contribution in [0.2, 0.25) is 0 Å². The summed E-state index contributed by atoms with van der Waals surface area (Å²) in [4.78, 5) is 0. The Hall–Kier alpha value is -0.340. The van der Waals surface area contributed by atoms with Gasteiger partial charge in [0.15, 0.2) is 0 Å². The van der Waals surface area contributed by atoms with Crippen LogP contribution in [0.25, 0.3) is 0 Å². The lowest BCUT2D eigenvalue weighted by Crippen LogP contribution is -2.30. The molecule has 1 fully saturated rings. The first-order chi connectivity index (χ1) is 4.93. The highest BCUT2D eigenvalue weighted by molar-refractivity contribution is 4.78. The van der Waals surface area contributed by atoms with Crippen LogP contribution in [0.3, 0.4) is 0 Å². The Balaban J connectivity index is 2.21. The Morgan fingerprint density at radius 2 is 2.60 bits per heavy atom. The fraction of sp³-hybridized carbons (Fsp3) is 0.750. The molecule has 1 saturated heterocycles. The molecule has 2 heteroatoms. The van der Waals surface area contributed by atoms with Crippen molar-refractivity contribution in [2.75, 3.05) is 19.8 Å². The van der Waals surface area contributed by atoms with E-state index in [0.29, 0.717) is 6.04 Å². The Morgan fingerprint density at radius 1 is 1.70 bits per heavy atom. The molecule has 0 aromatic carbocycles. The number of rotatable bonds is 2. The second-order valence-corrected chi connectivity index (χ2v) is 2.60. The van der Waals surface area contributed by atoms with E-state index in [4.69, 9.17) is 4.74 Å². The highest BCUT2D eigenvalue weighted by Gasteiger charge is 2.08. The SMILES string of the molecule is C=CCC1COCCCN1. The van der Waals surface area contributed by atoms with Crippen LogP contribution in [0.5, 0.6) is 0 Å². The van der Waals surface area contributed by atoms with Crippen LogP contribution < -0.4 is 5.32 Å². The molecule has 0 saturated carbocycles. The third-order valence-electron chi connectivity index (χ3n) is 1.67. The van der Waals surface area contributed by atoms with Gasteiger partial charge in [-0.25, -0.2) is 0 Å². The Bertz CT molecular complexity index is 95.4. The van der Waals surface area contributed by atoms with Crippen molar-refractivity contribution in [1.82, 2.24) is 5.32 Å². The van der Waals surface area contributed by atoms with Gasteiger partial charge in [0.05, 0.1) is 6.61 Å². The van der Waals surface area contributed by atoms with Gasteiger partial charge in [0.1, 0.15) is 0 Å².